The Morgan fingerprint density at radius 3 is 3.17 bits per heavy atom. The second-order valence-corrected chi connectivity index (χ2v) is 8.07. The summed E-state index contributed by atoms with van der Waals surface area (Å²) in [6.45, 7) is 2.04. The molecule has 3 aromatic heterocycles. The first-order chi connectivity index (χ1) is 11.1. The van der Waals surface area contributed by atoms with Crippen LogP contribution in [0.25, 0.3) is 4.96 Å². The van der Waals surface area contributed by atoms with E-state index in [1.807, 2.05) is 41.0 Å². The molecule has 4 rings (SSSR count). The average molecular weight is 346 g/mol. The summed E-state index contributed by atoms with van der Waals surface area (Å²) < 4.78 is 1.97. The average Bonchev–Trinajstić information content (AvgIpc) is 3.18. The topological polar surface area (TPSA) is 50.5 Å². The number of aryl methyl sites for hydroxylation is 2. The first-order valence-corrected chi connectivity index (χ1v) is 9.44. The molecule has 23 heavy (non-hydrogen) atoms. The lowest BCUT2D eigenvalue weighted by Gasteiger charge is -2.30. The van der Waals surface area contributed by atoms with Crippen LogP contribution in [0.15, 0.2) is 17.8 Å². The Balaban J connectivity index is 1.53. The smallest absolute Gasteiger partial charge is 0.228 e. The molecule has 0 unspecified atom stereocenters. The molecule has 5 nitrogen and oxygen atoms in total. The van der Waals surface area contributed by atoms with Crippen molar-refractivity contribution in [3.8, 4) is 0 Å². The van der Waals surface area contributed by atoms with E-state index in [1.165, 1.54) is 10.6 Å². The van der Waals surface area contributed by atoms with Crippen LogP contribution >= 0.6 is 22.7 Å². The Bertz CT molecular complexity index is 834. The fourth-order valence-electron chi connectivity index (χ4n) is 3.20. The van der Waals surface area contributed by atoms with Crippen molar-refractivity contribution >= 4 is 33.5 Å². The van der Waals surface area contributed by atoms with Gasteiger partial charge in [-0.25, -0.2) is 9.97 Å². The summed E-state index contributed by atoms with van der Waals surface area (Å²) in [7, 11) is 1.91. The first-order valence-electron chi connectivity index (χ1n) is 7.75. The van der Waals surface area contributed by atoms with Crippen molar-refractivity contribution < 1.29 is 4.79 Å². The summed E-state index contributed by atoms with van der Waals surface area (Å²) in [4.78, 5) is 25.9. The van der Waals surface area contributed by atoms with E-state index in [9.17, 15) is 4.79 Å². The lowest BCUT2D eigenvalue weighted by Crippen LogP contribution is -2.33. The first kappa shape index (κ1) is 14.8. The number of carbonyl (C=O) groups is 1. The number of rotatable bonds is 3. The third-order valence-electron chi connectivity index (χ3n) is 4.36. The highest BCUT2D eigenvalue weighted by Crippen LogP contribution is 2.37. The molecule has 0 saturated carbocycles. The number of likely N-dealkylation sites (N-methyl/N-ethyl adjacent to an activating group) is 1. The molecule has 0 radical (unpaired) electrons. The molecule has 0 spiro atoms. The Kier molecular flexibility index (Phi) is 3.69. The fourth-order valence-corrected chi connectivity index (χ4v) is 5.07. The third-order valence-corrected chi connectivity index (χ3v) is 6.25. The van der Waals surface area contributed by atoms with Crippen molar-refractivity contribution in [1.29, 1.82) is 0 Å². The summed E-state index contributed by atoms with van der Waals surface area (Å²) in [5.41, 5.74) is 2.02. The van der Waals surface area contributed by atoms with Gasteiger partial charge in [0.1, 0.15) is 0 Å². The van der Waals surface area contributed by atoms with Crippen molar-refractivity contribution in [2.45, 2.75) is 38.6 Å². The maximum absolute atomic E-state index is 12.7. The maximum atomic E-state index is 12.7. The van der Waals surface area contributed by atoms with E-state index in [2.05, 4.69) is 9.97 Å². The number of imidazole rings is 1. The van der Waals surface area contributed by atoms with Crippen LogP contribution in [-0.2, 0) is 17.6 Å². The van der Waals surface area contributed by atoms with Gasteiger partial charge in [-0.2, -0.15) is 0 Å². The van der Waals surface area contributed by atoms with Gasteiger partial charge in [0.25, 0.3) is 0 Å². The van der Waals surface area contributed by atoms with Crippen molar-refractivity contribution in [1.82, 2.24) is 19.3 Å². The zero-order valence-electron chi connectivity index (χ0n) is 13.2. The molecule has 1 atom stereocenters. The molecule has 120 valence electrons. The predicted molar refractivity (Wildman–Crippen MR) is 92.1 cm³/mol. The number of carbonyl (C=O) groups excluding carboxylic acids is 1. The molecule has 3 heterocycles. The second kappa shape index (κ2) is 5.72. The number of nitrogens with zero attached hydrogens (tertiary/aromatic N) is 4. The molecule has 0 saturated heterocycles. The molecule has 7 heteroatoms. The van der Waals surface area contributed by atoms with Crippen LogP contribution in [0, 0.1) is 6.92 Å². The minimum Gasteiger partial charge on any atom is -0.337 e. The Labute approximate surface area is 142 Å². The Hall–Kier alpha value is -1.73. The van der Waals surface area contributed by atoms with E-state index >= 15 is 0 Å². The molecule has 0 bridgehead atoms. The molecule has 1 aliphatic rings. The zero-order valence-corrected chi connectivity index (χ0v) is 14.8. The largest absolute Gasteiger partial charge is 0.337 e. The monoisotopic (exact) mass is 346 g/mol. The van der Waals surface area contributed by atoms with Gasteiger partial charge in [0.2, 0.25) is 5.91 Å². The SMILES string of the molecule is Cc1nc2c(s1)[C@H](N(C)C(=O)Cc1cn3ccsc3n1)CCC2. The highest BCUT2D eigenvalue weighted by atomic mass is 32.1. The predicted octanol–water partition coefficient (Wildman–Crippen LogP) is 3.24. The van der Waals surface area contributed by atoms with Crippen LogP contribution in [0.5, 0.6) is 0 Å². The van der Waals surface area contributed by atoms with E-state index in [0.29, 0.717) is 6.42 Å². The lowest BCUT2D eigenvalue weighted by molar-refractivity contribution is -0.131. The highest BCUT2D eigenvalue weighted by molar-refractivity contribution is 7.15. The summed E-state index contributed by atoms with van der Waals surface area (Å²) in [5.74, 6) is 0.125. The number of hydrogen-bond donors (Lipinski definition) is 0. The van der Waals surface area contributed by atoms with Crippen molar-refractivity contribution in [2.75, 3.05) is 7.05 Å². The van der Waals surface area contributed by atoms with E-state index in [4.69, 9.17) is 0 Å². The van der Waals surface area contributed by atoms with E-state index in [1.54, 1.807) is 22.7 Å². The van der Waals surface area contributed by atoms with Gasteiger partial charge in [-0.3, -0.25) is 9.20 Å². The normalized spacial score (nSPS) is 17.4. The number of amides is 1. The number of thiazole rings is 2. The minimum atomic E-state index is 0.125. The standard InChI is InChI=1S/C16H18N4OS2/c1-10-17-12-4-3-5-13(15(12)23-10)19(2)14(21)8-11-9-20-6-7-22-16(20)18-11/h6-7,9,13H,3-5,8H2,1-2H3/t13-/m1/s1. The molecule has 0 N–H and O–H groups in total. The van der Waals surface area contributed by atoms with Crippen LogP contribution in [0.3, 0.4) is 0 Å². The second-order valence-electron chi connectivity index (χ2n) is 5.96. The maximum Gasteiger partial charge on any atom is 0.228 e. The molecule has 1 aliphatic carbocycles. The molecule has 0 aromatic carbocycles. The van der Waals surface area contributed by atoms with Crippen LogP contribution in [0.2, 0.25) is 0 Å². The summed E-state index contributed by atoms with van der Waals surface area (Å²) in [6, 6.07) is 0.168. The van der Waals surface area contributed by atoms with Crippen LogP contribution in [-0.4, -0.2) is 32.2 Å². The van der Waals surface area contributed by atoms with Gasteiger partial charge in [-0.05, 0) is 26.2 Å². The Morgan fingerprint density at radius 2 is 2.35 bits per heavy atom. The summed E-state index contributed by atoms with van der Waals surface area (Å²) in [6.07, 6.45) is 7.43. The van der Waals surface area contributed by atoms with Gasteiger partial charge in [-0.15, -0.1) is 22.7 Å². The molecular formula is C16H18N4OS2. The molecule has 0 fully saturated rings. The number of hydrogen-bond acceptors (Lipinski definition) is 5. The quantitative estimate of drug-likeness (QED) is 0.731. The number of aromatic nitrogens is 3. The lowest BCUT2D eigenvalue weighted by atomic mass is 9.97. The third kappa shape index (κ3) is 2.68. The minimum absolute atomic E-state index is 0.125. The Morgan fingerprint density at radius 1 is 1.48 bits per heavy atom. The van der Waals surface area contributed by atoms with E-state index in [-0.39, 0.29) is 11.9 Å². The van der Waals surface area contributed by atoms with Gasteiger partial charge in [0.15, 0.2) is 4.96 Å². The van der Waals surface area contributed by atoms with E-state index < -0.39 is 0 Å². The van der Waals surface area contributed by atoms with Gasteiger partial charge >= 0.3 is 0 Å². The zero-order chi connectivity index (χ0) is 16.0. The summed E-state index contributed by atoms with van der Waals surface area (Å²) in [5, 5.41) is 3.09. The van der Waals surface area contributed by atoms with Gasteiger partial charge in [0, 0.05) is 24.8 Å². The van der Waals surface area contributed by atoms with Gasteiger partial charge in [-0.1, -0.05) is 0 Å². The van der Waals surface area contributed by atoms with Crippen LogP contribution in [0.1, 0.15) is 40.2 Å². The van der Waals surface area contributed by atoms with Crippen molar-refractivity contribution in [2.24, 2.45) is 0 Å². The van der Waals surface area contributed by atoms with Crippen LogP contribution in [0.4, 0.5) is 0 Å². The summed E-state index contributed by atoms with van der Waals surface area (Å²) >= 11 is 3.32. The van der Waals surface area contributed by atoms with Crippen LogP contribution < -0.4 is 0 Å². The molecule has 3 aromatic rings. The van der Waals surface area contributed by atoms with Gasteiger partial charge in [0.05, 0.1) is 33.7 Å². The molecular weight excluding hydrogens is 328 g/mol. The molecule has 1 amide bonds. The van der Waals surface area contributed by atoms with Gasteiger partial charge < -0.3 is 4.90 Å². The van der Waals surface area contributed by atoms with Crippen molar-refractivity contribution in [3.05, 3.63) is 39.0 Å². The van der Waals surface area contributed by atoms with Crippen molar-refractivity contribution in [3.63, 3.8) is 0 Å². The highest BCUT2D eigenvalue weighted by Gasteiger charge is 2.29. The van der Waals surface area contributed by atoms with E-state index in [0.717, 1.165) is 34.9 Å². The molecule has 0 aliphatic heterocycles. The fraction of sp³-hybridized carbons (Fsp3) is 0.438. The number of fused-ring (bicyclic) bond motifs is 2.